The van der Waals surface area contributed by atoms with Gasteiger partial charge in [0.15, 0.2) is 6.61 Å². The quantitative estimate of drug-likeness (QED) is 0.702. The summed E-state index contributed by atoms with van der Waals surface area (Å²) in [5.41, 5.74) is 1.73. The van der Waals surface area contributed by atoms with Crippen LogP contribution in [0.4, 0.5) is 0 Å². The molecule has 1 heterocycles. The van der Waals surface area contributed by atoms with Crippen molar-refractivity contribution in [3.05, 3.63) is 59.7 Å². The van der Waals surface area contributed by atoms with Crippen molar-refractivity contribution in [1.29, 1.82) is 0 Å². The van der Waals surface area contributed by atoms with E-state index in [1.54, 1.807) is 17.0 Å². The fraction of sp³-hybridized carbons (Fsp3) is 0.417. The van der Waals surface area contributed by atoms with E-state index in [2.05, 4.69) is 6.92 Å². The number of aryl methyl sites for hydroxylation is 1. The van der Waals surface area contributed by atoms with Gasteiger partial charge >= 0.3 is 0 Å². The third-order valence-electron chi connectivity index (χ3n) is 5.25. The average Bonchev–Trinajstić information content (AvgIpc) is 3.04. The Morgan fingerprint density at radius 1 is 0.867 bits per heavy atom. The monoisotopic (exact) mass is 410 g/mol. The van der Waals surface area contributed by atoms with Gasteiger partial charge in [-0.3, -0.25) is 9.59 Å². The maximum Gasteiger partial charge on any atom is 0.260 e. The van der Waals surface area contributed by atoms with Crippen molar-refractivity contribution in [3.63, 3.8) is 0 Å². The largest absolute Gasteiger partial charge is 0.494 e. The molecule has 30 heavy (non-hydrogen) atoms. The molecule has 0 radical (unpaired) electrons. The number of carbonyl (C=O) groups is 2. The van der Waals surface area contributed by atoms with Gasteiger partial charge < -0.3 is 19.3 Å². The van der Waals surface area contributed by atoms with Crippen LogP contribution in [-0.4, -0.2) is 61.0 Å². The SMILES string of the molecule is CCOc1ccc(C(=O)N2CCCN(C(=O)COc3ccccc3CC)CC2)cc1. The minimum absolute atomic E-state index is 0.0135. The molecule has 2 aromatic carbocycles. The number of amides is 2. The van der Waals surface area contributed by atoms with Gasteiger partial charge in [0.05, 0.1) is 6.61 Å². The fourth-order valence-electron chi connectivity index (χ4n) is 3.58. The van der Waals surface area contributed by atoms with Crippen LogP contribution in [0.25, 0.3) is 0 Å². The first-order valence-electron chi connectivity index (χ1n) is 10.6. The van der Waals surface area contributed by atoms with Crippen molar-refractivity contribution >= 4 is 11.8 Å². The van der Waals surface area contributed by atoms with Crippen LogP contribution >= 0.6 is 0 Å². The van der Waals surface area contributed by atoms with Crippen molar-refractivity contribution in [1.82, 2.24) is 9.80 Å². The van der Waals surface area contributed by atoms with Crippen LogP contribution in [0, 0.1) is 0 Å². The van der Waals surface area contributed by atoms with Crippen LogP contribution in [-0.2, 0) is 11.2 Å². The fourth-order valence-corrected chi connectivity index (χ4v) is 3.58. The molecular weight excluding hydrogens is 380 g/mol. The Morgan fingerprint density at radius 3 is 2.30 bits per heavy atom. The molecule has 160 valence electrons. The summed E-state index contributed by atoms with van der Waals surface area (Å²) < 4.78 is 11.2. The standard InChI is InChI=1S/C24H30N2O4/c1-3-19-8-5-6-9-22(19)30-18-23(27)25-14-7-15-26(17-16-25)24(28)20-10-12-21(13-11-20)29-4-2/h5-6,8-13H,3-4,7,14-18H2,1-2H3. The van der Waals surface area contributed by atoms with E-state index in [-0.39, 0.29) is 18.4 Å². The summed E-state index contributed by atoms with van der Waals surface area (Å²) in [7, 11) is 0. The molecule has 6 heteroatoms. The lowest BCUT2D eigenvalue weighted by molar-refractivity contribution is -0.133. The number of hydrogen-bond donors (Lipinski definition) is 0. The van der Waals surface area contributed by atoms with Gasteiger partial charge in [0.25, 0.3) is 11.8 Å². The lowest BCUT2D eigenvalue weighted by atomic mass is 10.1. The zero-order valence-corrected chi connectivity index (χ0v) is 17.8. The number of rotatable bonds is 7. The molecule has 0 bridgehead atoms. The number of nitrogens with zero attached hydrogens (tertiary/aromatic N) is 2. The highest BCUT2D eigenvalue weighted by Gasteiger charge is 2.23. The van der Waals surface area contributed by atoms with E-state index in [0.29, 0.717) is 38.3 Å². The lowest BCUT2D eigenvalue weighted by Gasteiger charge is -2.22. The summed E-state index contributed by atoms with van der Waals surface area (Å²) in [6.07, 6.45) is 1.61. The van der Waals surface area contributed by atoms with Gasteiger partial charge in [0, 0.05) is 31.7 Å². The first kappa shape index (κ1) is 21.7. The number of benzene rings is 2. The minimum Gasteiger partial charge on any atom is -0.494 e. The Labute approximate surface area is 178 Å². The number of hydrogen-bond acceptors (Lipinski definition) is 4. The first-order valence-corrected chi connectivity index (χ1v) is 10.6. The Kier molecular flexibility index (Phi) is 7.71. The second-order valence-electron chi connectivity index (χ2n) is 7.23. The topological polar surface area (TPSA) is 59.1 Å². The van der Waals surface area contributed by atoms with Gasteiger partial charge in [-0.15, -0.1) is 0 Å². The van der Waals surface area contributed by atoms with Crippen LogP contribution in [0.5, 0.6) is 11.5 Å². The Hall–Kier alpha value is -3.02. The van der Waals surface area contributed by atoms with E-state index in [0.717, 1.165) is 29.9 Å². The predicted molar refractivity (Wildman–Crippen MR) is 116 cm³/mol. The Morgan fingerprint density at radius 2 is 1.57 bits per heavy atom. The van der Waals surface area contributed by atoms with Gasteiger partial charge in [-0.2, -0.15) is 0 Å². The number of ether oxygens (including phenoxy) is 2. The normalized spacial score (nSPS) is 14.2. The molecule has 2 amide bonds. The second-order valence-corrected chi connectivity index (χ2v) is 7.23. The molecular formula is C24H30N2O4. The summed E-state index contributed by atoms with van der Waals surface area (Å²) in [4.78, 5) is 29.1. The number of carbonyl (C=O) groups excluding carboxylic acids is 2. The lowest BCUT2D eigenvalue weighted by Crippen LogP contribution is -2.39. The van der Waals surface area contributed by atoms with Crippen molar-refractivity contribution in [2.24, 2.45) is 0 Å². The highest BCUT2D eigenvalue weighted by atomic mass is 16.5. The number of para-hydroxylation sites is 1. The molecule has 0 aliphatic carbocycles. The summed E-state index contributed by atoms with van der Waals surface area (Å²) in [6.45, 7) is 6.90. The van der Waals surface area contributed by atoms with E-state index in [9.17, 15) is 9.59 Å². The molecule has 0 saturated carbocycles. The Balaban J connectivity index is 1.53. The van der Waals surface area contributed by atoms with Crippen LogP contribution in [0.15, 0.2) is 48.5 Å². The average molecular weight is 411 g/mol. The molecule has 1 saturated heterocycles. The molecule has 0 spiro atoms. The summed E-state index contributed by atoms with van der Waals surface area (Å²) in [6, 6.07) is 15.0. The second kappa shape index (κ2) is 10.7. The zero-order chi connectivity index (χ0) is 21.3. The molecule has 0 N–H and O–H groups in total. The van der Waals surface area contributed by atoms with E-state index in [1.165, 1.54) is 0 Å². The minimum atomic E-state index is -0.0451. The molecule has 0 unspecified atom stereocenters. The summed E-state index contributed by atoms with van der Waals surface area (Å²) in [5.74, 6) is 1.46. The van der Waals surface area contributed by atoms with Crippen LogP contribution in [0.3, 0.4) is 0 Å². The van der Waals surface area contributed by atoms with Crippen LogP contribution in [0.2, 0.25) is 0 Å². The molecule has 6 nitrogen and oxygen atoms in total. The van der Waals surface area contributed by atoms with E-state index in [1.807, 2.05) is 48.2 Å². The summed E-state index contributed by atoms with van der Waals surface area (Å²) >= 11 is 0. The third kappa shape index (κ3) is 5.53. The van der Waals surface area contributed by atoms with Gasteiger partial charge in [-0.25, -0.2) is 0 Å². The van der Waals surface area contributed by atoms with Gasteiger partial charge in [0.1, 0.15) is 11.5 Å². The molecule has 2 aromatic rings. The molecule has 1 aliphatic heterocycles. The van der Waals surface area contributed by atoms with E-state index in [4.69, 9.17) is 9.47 Å². The summed E-state index contributed by atoms with van der Waals surface area (Å²) in [5, 5.41) is 0. The van der Waals surface area contributed by atoms with Crippen LogP contribution in [0.1, 0.15) is 36.2 Å². The van der Waals surface area contributed by atoms with Crippen molar-refractivity contribution in [2.75, 3.05) is 39.4 Å². The Bertz CT molecular complexity index is 851. The highest BCUT2D eigenvalue weighted by molar-refractivity contribution is 5.94. The highest BCUT2D eigenvalue weighted by Crippen LogP contribution is 2.19. The van der Waals surface area contributed by atoms with Gasteiger partial charge in [-0.1, -0.05) is 25.1 Å². The molecule has 3 rings (SSSR count). The first-order chi connectivity index (χ1) is 14.6. The zero-order valence-electron chi connectivity index (χ0n) is 17.8. The van der Waals surface area contributed by atoms with E-state index < -0.39 is 0 Å². The van der Waals surface area contributed by atoms with Crippen molar-refractivity contribution in [3.8, 4) is 11.5 Å². The van der Waals surface area contributed by atoms with Crippen molar-refractivity contribution in [2.45, 2.75) is 26.7 Å². The maximum atomic E-state index is 12.8. The van der Waals surface area contributed by atoms with Gasteiger partial charge in [0.2, 0.25) is 0 Å². The van der Waals surface area contributed by atoms with Gasteiger partial charge in [-0.05, 0) is 55.7 Å². The molecule has 1 aliphatic rings. The third-order valence-corrected chi connectivity index (χ3v) is 5.25. The predicted octanol–water partition coefficient (Wildman–Crippen LogP) is 3.40. The van der Waals surface area contributed by atoms with Crippen molar-refractivity contribution < 1.29 is 19.1 Å². The smallest absolute Gasteiger partial charge is 0.260 e. The molecule has 0 atom stereocenters. The van der Waals surface area contributed by atoms with E-state index >= 15 is 0 Å². The maximum absolute atomic E-state index is 12.8. The molecule has 1 fully saturated rings. The molecule has 0 aromatic heterocycles. The van der Waals surface area contributed by atoms with Crippen LogP contribution < -0.4 is 9.47 Å².